The number of pyridine rings is 1. The first-order chi connectivity index (χ1) is 11.5. The minimum Gasteiger partial charge on any atom is -0.457 e. The van der Waals surface area contributed by atoms with Crippen molar-refractivity contribution in [2.75, 3.05) is 0 Å². The molecule has 0 radical (unpaired) electrons. The number of benzene rings is 2. The topological polar surface area (TPSA) is 81.1 Å². The lowest BCUT2D eigenvalue weighted by Gasteiger charge is -2.11. The molecule has 3 rings (SSSR count). The summed E-state index contributed by atoms with van der Waals surface area (Å²) in [5.74, 6) is 0.701. The molecule has 0 unspecified atom stereocenters. The van der Waals surface area contributed by atoms with Crippen molar-refractivity contribution in [3.63, 3.8) is 0 Å². The quantitative estimate of drug-likeness (QED) is 0.762. The van der Waals surface area contributed by atoms with Crippen molar-refractivity contribution < 1.29 is 9.53 Å². The standard InChI is InChI=1S/C18H14ClN3O2/c19-12-10-16(18(21)23)17(20)22(11-12)13-6-8-15(9-7-13)24-14-4-2-1-3-5-14/h1-11,20H,(H2,21,23). The summed E-state index contributed by atoms with van der Waals surface area (Å²) in [6.07, 6.45) is 1.56. The van der Waals surface area contributed by atoms with Crippen LogP contribution in [0.5, 0.6) is 11.5 Å². The number of carbonyl (C=O) groups is 1. The van der Waals surface area contributed by atoms with Crippen molar-refractivity contribution in [3.8, 4) is 17.2 Å². The third-order valence-electron chi connectivity index (χ3n) is 3.39. The Balaban J connectivity index is 1.94. The van der Waals surface area contributed by atoms with Crippen LogP contribution in [0, 0.1) is 5.41 Å². The average Bonchev–Trinajstić information content (AvgIpc) is 2.58. The fourth-order valence-corrected chi connectivity index (χ4v) is 2.46. The number of ether oxygens (including phenoxy) is 1. The van der Waals surface area contributed by atoms with E-state index in [0.717, 1.165) is 5.75 Å². The van der Waals surface area contributed by atoms with Crippen molar-refractivity contribution in [1.82, 2.24) is 4.57 Å². The zero-order valence-electron chi connectivity index (χ0n) is 12.6. The molecule has 0 saturated heterocycles. The minimum atomic E-state index is -0.694. The van der Waals surface area contributed by atoms with Crippen molar-refractivity contribution in [1.29, 1.82) is 5.41 Å². The number of nitrogens with one attached hydrogen (secondary N) is 1. The lowest BCUT2D eigenvalue weighted by Crippen LogP contribution is -2.28. The first-order valence-electron chi connectivity index (χ1n) is 7.14. The van der Waals surface area contributed by atoms with Gasteiger partial charge in [0.2, 0.25) is 0 Å². The zero-order chi connectivity index (χ0) is 17.1. The maximum Gasteiger partial charge on any atom is 0.252 e. The number of nitrogens with two attached hydrogens (primary N) is 1. The highest BCUT2D eigenvalue weighted by Gasteiger charge is 2.09. The molecule has 3 N–H and O–H groups in total. The molecular formula is C18H14ClN3O2. The summed E-state index contributed by atoms with van der Waals surface area (Å²) in [6, 6.07) is 17.9. The van der Waals surface area contributed by atoms with Gasteiger partial charge in [-0.15, -0.1) is 0 Å². The summed E-state index contributed by atoms with van der Waals surface area (Å²) in [4.78, 5) is 11.4. The second-order valence-corrected chi connectivity index (χ2v) is 5.50. The lowest BCUT2D eigenvalue weighted by atomic mass is 10.2. The van der Waals surface area contributed by atoms with Gasteiger partial charge in [0, 0.05) is 11.9 Å². The van der Waals surface area contributed by atoms with Crippen LogP contribution in [0.2, 0.25) is 5.02 Å². The van der Waals surface area contributed by atoms with E-state index in [2.05, 4.69) is 0 Å². The highest BCUT2D eigenvalue weighted by Crippen LogP contribution is 2.22. The maximum absolute atomic E-state index is 11.4. The molecule has 0 aliphatic carbocycles. The number of hydrogen-bond donors (Lipinski definition) is 2. The van der Waals surface area contributed by atoms with Crippen LogP contribution in [-0.4, -0.2) is 10.5 Å². The summed E-state index contributed by atoms with van der Waals surface area (Å²) >= 11 is 6.02. The molecule has 3 aromatic rings. The minimum absolute atomic E-state index is 0.0244. The number of hydrogen-bond acceptors (Lipinski definition) is 3. The van der Waals surface area contributed by atoms with Crippen LogP contribution < -0.4 is 16.0 Å². The van der Waals surface area contributed by atoms with Gasteiger partial charge in [0.05, 0.1) is 10.6 Å². The van der Waals surface area contributed by atoms with Crippen molar-refractivity contribution >= 4 is 17.5 Å². The SMILES string of the molecule is N=c1c(C(N)=O)cc(Cl)cn1-c1ccc(Oc2ccccc2)cc1. The molecule has 0 bridgehead atoms. The van der Waals surface area contributed by atoms with E-state index in [4.69, 9.17) is 27.5 Å². The highest BCUT2D eigenvalue weighted by molar-refractivity contribution is 6.30. The number of primary amides is 1. The van der Waals surface area contributed by atoms with Gasteiger partial charge in [-0.05, 0) is 42.5 Å². The molecule has 1 amide bonds. The number of halogens is 1. The molecule has 0 spiro atoms. The summed E-state index contributed by atoms with van der Waals surface area (Å²) in [6.45, 7) is 0. The van der Waals surface area contributed by atoms with E-state index in [0.29, 0.717) is 16.5 Å². The molecule has 6 heteroatoms. The summed E-state index contributed by atoms with van der Waals surface area (Å²) < 4.78 is 7.22. The van der Waals surface area contributed by atoms with Crippen molar-refractivity contribution in [2.45, 2.75) is 0 Å². The number of rotatable bonds is 4. The molecule has 24 heavy (non-hydrogen) atoms. The monoisotopic (exact) mass is 339 g/mol. The largest absolute Gasteiger partial charge is 0.457 e. The Morgan fingerprint density at radius 1 is 1.04 bits per heavy atom. The Morgan fingerprint density at radius 2 is 1.67 bits per heavy atom. The van der Waals surface area contributed by atoms with Crippen LogP contribution in [0.1, 0.15) is 10.4 Å². The number of amides is 1. The number of para-hydroxylation sites is 1. The molecule has 0 aliphatic heterocycles. The van der Waals surface area contributed by atoms with Gasteiger partial charge < -0.3 is 15.0 Å². The first-order valence-corrected chi connectivity index (χ1v) is 7.52. The molecule has 2 aromatic carbocycles. The van der Waals surface area contributed by atoms with Crippen LogP contribution >= 0.6 is 11.6 Å². The summed E-state index contributed by atoms with van der Waals surface area (Å²) in [5, 5.41) is 8.44. The van der Waals surface area contributed by atoms with Gasteiger partial charge in [-0.2, -0.15) is 0 Å². The van der Waals surface area contributed by atoms with Crippen LogP contribution in [0.25, 0.3) is 5.69 Å². The van der Waals surface area contributed by atoms with E-state index in [-0.39, 0.29) is 11.1 Å². The molecule has 120 valence electrons. The molecule has 1 aromatic heterocycles. The smallest absolute Gasteiger partial charge is 0.252 e. The molecule has 0 saturated carbocycles. The van der Waals surface area contributed by atoms with E-state index >= 15 is 0 Å². The highest BCUT2D eigenvalue weighted by atomic mass is 35.5. The maximum atomic E-state index is 11.4. The predicted molar refractivity (Wildman–Crippen MR) is 91.7 cm³/mol. The Morgan fingerprint density at radius 3 is 2.29 bits per heavy atom. The molecule has 0 aliphatic rings. The zero-order valence-corrected chi connectivity index (χ0v) is 13.3. The summed E-state index contributed by atoms with van der Waals surface area (Å²) in [7, 11) is 0. The first kappa shape index (κ1) is 15.8. The van der Waals surface area contributed by atoms with Gasteiger partial charge in [-0.25, -0.2) is 0 Å². The third kappa shape index (κ3) is 3.31. The average molecular weight is 340 g/mol. The summed E-state index contributed by atoms with van der Waals surface area (Å²) in [5.41, 5.74) is 6.00. The fourth-order valence-electron chi connectivity index (χ4n) is 2.25. The number of carbonyl (C=O) groups excluding carboxylic acids is 1. The Hall–Kier alpha value is -3.05. The van der Waals surface area contributed by atoms with E-state index in [1.54, 1.807) is 30.5 Å². The van der Waals surface area contributed by atoms with Gasteiger partial charge >= 0.3 is 0 Å². The fraction of sp³-hybridized carbons (Fsp3) is 0. The van der Waals surface area contributed by atoms with E-state index in [1.807, 2.05) is 30.3 Å². The second-order valence-electron chi connectivity index (χ2n) is 5.06. The third-order valence-corrected chi connectivity index (χ3v) is 3.60. The van der Waals surface area contributed by atoms with Gasteiger partial charge in [-0.1, -0.05) is 29.8 Å². The lowest BCUT2D eigenvalue weighted by molar-refractivity contribution is 0.0998. The molecule has 5 nitrogen and oxygen atoms in total. The molecule has 0 atom stereocenters. The van der Waals surface area contributed by atoms with Gasteiger partial charge in [0.25, 0.3) is 5.91 Å². The Kier molecular flexibility index (Phi) is 4.35. The Labute approximate surface area is 143 Å². The van der Waals surface area contributed by atoms with Crippen molar-refractivity contribution in [2.24, 2.45) is 5.73 Å². The van der Waals surface area contributed by atoms with Crippen LogP contribution in [0.3, 0.4) is 0 Å². The van der Waals surface area contributed by atoms with E-state index in [1.165, 1.54) is 10.6 Å². The Bertz CT molecular complexity index is 935. The number of nitrogens with zero attached hydrogens (tertiary/aromatic N) is 1. The second kappa shape index (κ2) is 6.60. The molecule has 1 heterocycles. The van der Waals surface area contributed by atoms with Crippen molar-refractivity contribution in [3.05, 3.63) is 82.9 Å². The molecule has 0 fully saturated rings. The number of aromatic nitrogens is 1. The van der Waals surface area contributed by atoms with E-state index in [9.17, 15) is 4.79 Å². The normalized spacial score (nSPS) is 10.4. The van der Waals surface area contributed by atoms with Crippen LogP contribution in [-0.2, 0) is 0 Å². The van der Waals surface area contributed by atoms with Crippen LogP contribution in [0.15, 0.2) is 66.9 Å². The molecular weight excluding hydrogens is 326 g/mol. The predicted octanol–water partition coefficient (Wildman–Crippen LogP) is 3.50. The van der Waals surface area contributed by atoms with Gasteiger partial charge in [-0.3, -0.25) is 10.2 Å². The van der Waals surface area contributed by atoms with Crippen LogP contribution in [0.4, 0.5) is 0 Å². The van der Waals surface area contributed by atoms with Gasteiger partial charge in [0.1, 0.15) is 17.0 Å². The van der Waals surface area contributed by atoms with Gasteiger partial charge in [0.15, 0.2) is 0 Å². The van der Waals surface area contributed by atoms with E-state index < -0.39 is 5.91 Å².